The first-order valence-corrected chi connectivity index (χ1v) is 14.0. The van der Waals surface area contributed by atoms with Crippen molar-refractivity contribution in [1.29, 1.82) is 0 Å². The van der Waals surface area contributed by atoms with Gasteiger partial charge >= 0.3 is 0 Å². The Morgan fingerprint density at radius 3 is 2.83 bits per heavy atom. The summed E-state index contributed by atoms with van der Waals surface area (Å²) in [4.78, 5) is 44.4. The number of carbonyl (C=O) groups is 1. The predicted molar refractivity (Wildman–Crippen MR) is 156 cm³/mol. The summed E-state index contributed by atoms with van der Waals surface area (Å²) in [5, 5.41) is 3.73. The molecule has 11 heteroatoms. The van der Waals surface area contributed by atoms with Crippen LogP contribution in [0.1, 0.15) is 37.8 Å². The van der Waals surface area contributed by atoms with Gasteiger partial charge in [-0.1, -0.05) is 32.1 Å². The lowest BCUT2D eigenvalue weighted by Gasteiger charge is -2.38. The summed E-state index contributed by atoms with van der Waals surface area (Å²) in [5.41, 5.74) is 3.78. The van der Waals surface area contributed by atoms with Crippen molar-refractivity contribution in [2.75, 3.05) is 37.0 Å². The highest BCUT2D eigenvalue weighted by molar-refractivity contribution is 5.96. The van der Waals surface area contributed by atoms with Crippen LogP contribution >= 0.6 is 0 Å². The lowest BCUT2D eigenvalue weighted by Crippen LogP contribution is -2.40. The maximum absolute atomic E-state index is 13.5. The molecule has 3 aromatic heterocycles. The molecule has 6 heterocycles. The highest BCUT2D eigenvalue weighted by atomic mass is 16.5. The smallest absolute Gasteiger partial charge is 0.278 e. The minimum atomic E-state index is -0.212. The number of aromatic nitrogens is 5. The first kappa shape index (κ1) is 25.5. The molecule has 1 aromatic carbocycles. The number of amides is 1. The van der Waals surface area contributed by atoms with Crippen molar-refractivity contribution in [3.8, 4) is 11.6 Å². The lowest BCUT2D eigenvalue weighted by molar-refractivity contribution is -0.121. The van der Waals surface area contributed by atoms with Crippen LogP contribution in [-0.2, 0) is 23.3 Å². The number of pyridine rings is 1. The molecule has 11 nitrogen and oxygen atoms in total. The van der Waals surface area contributed by atoms with E-state index in [1.54, 1.807) is 32.6 Å². The Kier molecular flexibility index (Phi) is 5.93. The summed E-state index contributed by atoms with van der Waals surface area (Å²) in [6, 6.07) is 9.97. The summed E-state index contributed by atoms with van der Waals surface area (Å²) in [6.07, 6.45) is 7.12. The van der Waals surface area contributed by atoms with Crippen molar-refractivity contribution in [3.05, 3.63) is 70.2 Å². The first-order chi connectivity index (χ1) is 19.8. The molecular weight excluding hydrogens is 520 g/mol. The number of rotatable bonds is 2. The van der Waals surface area contributed by atoms with Crippen LogP contribution in [0.15, 0.2) is 53.5 Å². The molecule has 0 saturated heterocycles. The summed E-state index contributed by atoms with van der Waals surface area (Å²) in [5.74, 6) is 1.72. The third-order valence-corrected chi connectivity index (χ3v) is 8.02. The van der Waals surface area contributed by atoms with E-state index in [0.717, 1.165) is 31.6 Å². The van der Waals surface area contributed by atoms with E-state index >= 15 is 0 Å². The Morgan fingerprint density at radius 1 is 1.07 bits per heavy atom. The van der Waals surface area contributed by atoms with Crippen molar-refractivity contribution < 1.29 is 9.53 Å². The molecule has 0 radical (unpaired) electrons. The van der Waals surface area contributed by atoms with Gasteiger partial charge in [0.25, 0.3) is 11.5 Å². The zero-order valence-corrected chi connectivity index (χ0v) is 23.4. The number of allylic oxidation sites excluding steroid dienone is 2. The van der Waals surface area contributed by atoms with Gasteiger partial charge in [0.2, 0.25) is 5.95 Å². The Hall–Kier alpha value is -4.51. The average Bonchev–Trinajstić information content (AvgIpc) is 3.20. The topological polar surface area (TPSA) is 110 Å². The quantitative estimate of drug-likeness (QED) is 0.376. The number of anilines is 3. The van der Waals surface area contributed by atoms with Crippen molar-refractivity contribution in [3.63, 3.8) is 0 Å². The molecule has 210 valence electrons. The maximum Gasteiger partial charge on any atom is 0.278 e. The zero-order valence-electron chi connectivity index (χ0n) is 23.4. The third kappa shape index (κ3) is 4.37. The van der Waals surface area contributed by atoms with Crippen molar-refractivity contribution in [1.82, 2.24) is 29.2 Å². The molecule has 4 aromatic rings. The largest absolute Gasteiger partial charge is 0.480 e. The van der Waals surface area contributed by atoms with E-state index in [-0.39, 0.29) is 23.5 Å². The SMILES string of the molecule is CN1Cc2cc(Nc3ncc4c(=O)n5n(c4n3)-c3ccc4c(n3)N(CCC/C=C\C5)C(=O)CO4)ccc2C(C)(C)C1. The van der Waals surface area contributed by atoms with Gasteiger partial charge in [-0.05, 0) is 55.3 Å². The minimum absolute atomic E-state index is 0.0141. The summed E-state index contributed by atoms with van der Waals surface area (Å²) >= 11 is 0. The van der Waals surface area contributed by atoms with Crippen molar-refractivity contribution in [2.45, 2.75) is 45.2 Å². The number of hydrogen-bond acceptors (Lipinski definition) is 8. The number of benzene rings is 1. The normalized spacial score (nSPS) is 19.0. The molecular formula is C30H32N8O3. The van der Waals surface area contributed by atoms with E-state index in [2.05, 4.69) is 54.3 Å². The van der Waals surface area contributed by atoms with Crippen LogP contribution in [0.25, 0.3) is 16.9 Å². The van der Waals surface area contributed by atoms with Crippen LogP contribution in [0.3, 0.4) is 0 Å². The van der Waals surface area contributed by atoms with E-state index in [9.17, 15) is 9.59 Å². The molecule has 1 N–H and O–H groups in total. The van der Waals surface area contributed by atoms with Gasteiger partial charge in [-0.15, -0.1) is 0 Å². The molecule has 3 aliphatic rings. The minimum Gasteiger partial charge on any atom is -0.480 e. The highest BCUT2D eigenvalue weighted by Gasteiger charge is 2.31. The van der Waals surface area contributed by atoms with Gasteiger partial charge in [0.05, 0.1) is 6.54 Å². The van der Waals surface area contributed by atoms with E-state index < -0.39 is 0 Å². The van der Waals surface area contributed by atoms with Crippen LogP contribution in [0, 0.1) is 0 Å². The lowest BCUT2D eigenvalue weighted by atomic mass is 9.78. The van der Waals surface area contributed by atoms with Gasteiger partial charge < -0.3 is 15.0 Å². The highest BCUT2D eigenvalue weighted by Crippen LogP contribution is 2.35. The molecule has 0 saturated carbocycles. The molecule has 1 amide bonds. The van der Waals surface area contributed by atoms with E-state index in [1.165, 1.54) is 11.1 Å². The summed E-state index contributed by atoms with van der Waals surface area (Å²) in [7, 11) is 2.14. The second kappa shape index (κ2) is 9.55. The third-order valence-electron chi connectivity index (χ3n) is 8.02. The number of hydrogen-bond donors (Lipinski definition) is 1. The number of ether oxygens (including phenoxy) is 1. The molecule has 0 aliphatic carbocycles. The van der Waals surface area contributed by atoms with Gasteiger partial charge in [0.1, 0.15) is 5.39 Å². The van der Waals surface area contributed by atoms with E-state index in [1.807, 2.05) is 12.2 Å². The van der Waals surface area contributed by atoms with E-state index in [0.29, 0.717) is 47.5 Å². The number of carbonyl (C=O) groups excluding carboxylic acids is 1. The molecule has 3 aliphatic heterocycles. The fourth-order valence-electron chi connectivity index (χ4n) is 6.26. The van der Waals surface area contributed by atoms with Gasteiger partial charge in [-0.2, -0.15) is 4.98 Å². The summed E-state index contributed by atoms with van der Waals surface area (Å²) in [6.45, 7) is 7.29. The van der Waals surface area contributed by atoms with Gasteiger partial charge in [-0.3, -0.25) is 14.5 Å². The summed E-state index contributed by atoms with van der Waals surface area (Å²) < 4.78 is 8.97. The van der Waals surface area contributed by atoms with Gasteiger partial charge in [-0.25, -0.2) is 19.3 Å². The standard InChI is InChI=1S/C30H32N8O3/c1-30(2)18-35(3)16-19-14-20(8-9-22(19)30)32-29-31-15-21-26(34-29)38-24-11-10-23-27(33-24)36(25(39)17-41-23)12-6-4-5-7-13-37(38)28(21)40/h5,7-11,14-15H,4,6,12-13,16-18H2,1-3H3,(H,31,32,34)/b7-5-. The first-order valence-electron chi connectivity index (χ1n) is 14.0. The monoisotopic (exact) mass is 552 g/mol. The molecule has 41 heavy (non-hydrogen) atoms. The van der Waals surface area contributed by atoms with Crippen LogP contribution in [0.5, 0.6) is 5.75 Å². The molecule has 2 bridgehead atoms. The Labute approximate surface area is 237 Å². The molecule has 7 rings (SSSR count). The van der Waals surface area contributed by atoms with Crippen LogP contribution in [0.4, 0.5) is 17.5 Å². The number of fused-ring (bicyclic) bond motifs is 6. The molecule has 0 atom stereocenters. The zero-order chi connectivity index (χ0) is 28.3. The predicted octanol–water partition coefficient (Wildman–Crippen LogP) is 3.52. The van der Waals surface area contributed by atoms with Crippen molar-refractivity contribution >= 4 is 34.4 Å². The fraction of sp³-hybridized carbons (Fsp3) is 0.367. The second-order valence-corrected chi connectivity index (χ2v) is 11.6. The Bertz CT molecular complexity index is 1790. The van der Waals surface area contributed by atoms with Crippen LogP contribution in [0.2, 0.25) is 0 Å². The number of likely N-dealkylation sites (N-methyl/N-ethyl adjacent to an activating group) is 1. The fourth-order valence-corrected chi connectivity index (χ4v) is 6.26. The second-order valence-electron chi connectivity index (χ2n) is 11.6. The van der Waals surface area contributed by atoms with Crippen molar-refractivity contribution in [2.24, 2.45) is 0 Å². The molecule has 0 spiro atoms. The van der Waals surface area contributed by atoms with Crippen LogP contribution in [-0.4, -0.2) is 61.9 Å². The number of nitrogens with one attached hydrogen (secondary N) is 1. The van der Waals surface area contributed by atoms with Gasteiger partial charge in [0, 0.05) is 36.9 Å². The molecule has 0 fully saturated rings. The van der Waals surface area contributed by atoms with Gasteiger partial charge in [0.15, 0.2) is 29.6 Å². The molecule has 0 unspecified atom stereocenters. The average molecular weight is 553 g/mol. The maximum atomic E-state index is 13.5. The van der Waals surface area contributed by atoms with E-state index in [4.69, 9.17) is 14.7 Å². The number of nitrogens with zero attached hydrogens (tertiary/aromatic N) is 7. The Morgan fingerprint density at radius 2 is 1.95 bits per heavy atom. The Balaban J connectivity index is 1.34. The van der Waals surface area contributed by atoms with Crippen LogP contribution < -0.4 is 20.5 Å².